The number of rotatable bonds is 4. The van der Waals surface area contributed by atoms with Crippen LogP contribution in [0.5, 0.6) is 5.88 Å². The Balaban J connectivity index is 2.29. The number of alkyl halides is 1. The van der Waals surface area contributed by atoms with E-state index in [1.165, 1.54) is 18.3 Å². The van der Waals surface area contributed by atoms with Gasteiger partial charge in [-0.15, -0.1) is 0 Å². The molecule has 0 bridgehead atoms. The van der Waals surface area contributed by atoms with Gasteiger partial charge >= 0.3 is 0 Å². The van der Waals surface area contributed by atoms with Gasteiger partial charge in [-0.1, -0.05) is 11.6 Å². The largest absolute Gasteiger partial charge is 0.475 e. The molecule has 1 aromatic carbocycles. The van der Waals surface area contributed by atoms with E-state index in [0.717, 1.165) is 0 Å². The van der Waals surface area contributed by atoms with Gasteiger partial charge < -0.3 is 10.5 Å². The third-order valence-electron chi connectivity index (χ3n) is 2.46. The van der Waals surface area contributed by atoms with Crippen molar-refractivity contribution in [2.24, 2.45) is 0 Å². The summed E-state index contributed by atoms with van der Waals surface area (Å²) in [5.41, 5.74) is 6.51. The van der Waals surface area contributed by atoms with Crippen molar-refractivity contribution in [3.05, 3.63) is 41.3 Å². The lowest BCUT2D eigenvalue weighted by molar-refractivity contribution is 0.264. The molecule has 0 fully saturated rings. The van der Waals surface area contributed by atoms with Gasteiger partial charge in [0.15, 0.2) is 0 Å². The molecule has 0 aliphatic carbocycles. The molecule has 0 saturated heterocycles. The molecule has 3 nitrogen and oxygen atoms in total. The third-order valence-corrected chi connectivity index (χ3v) is 2.77. The number of halogens is 3. The van der Waals surface area contributed by atoms with Crippen molar-refractivity contribution in [3.8, 4) is 17.0 Å². The average molecular weight is 285 g/mol. The van der Waals surface area contributed by atoms with Crippen LogP contribution in [0.25, 0.3) is 11.1 Å². The quantitative estimate of drug-likeness (QED) is 0.875. The van der Waals surface area contributed by atoms with E-state index in [-0.39, 0.29) is 12.3 Å². The summed E-state index contributed by atoms with van der Waals surface area (Å²) in [4.78, 5) is 3.98. The topological polar surface area (TPSA) is 48.1 Å². The number of pyridine rings is 1. The number of benzene rings is 1. The molecule has 2 rings (SSSR count). The molecule has 0 spiro atoms. The number of anilines is 1. The summed E-state index contributed by atoms with van der Waals surface area (Å²) in [7, 11) is 0. The Morgan fingerprint density at radius 3 is 2.74 bits per heavy atom. The van der Waals surface area contributed by atoms with Crippen LogP contribution in [0.3, 0.4) is 0 Å². The lowest BCUT2D eigenvalue weighted by atomic mass is 10.1. The molecule has 0 saturated carbocycles. The second-order valence-electron chi connectivity index (χ2n) is 3.78. The molecule has 100 valence electrons. The molecule has 2 aromatic rings. The highest BCUT2D eigenvalue weighted by atomic mass is 35.5. The Morgan fingerprint density at radius 1 is 1.32 bits per heavy atom. The van der Waals surface area contributed by atoms with E-state index in [4.69, 9.17) is 22.1 Å². The molecule has 6 heteroatoms. The maximum absolute atomic E-state index is 13.4. The number of hydrogen-bond acceptors (Lipinski definition) is 3. The Hall–Kier alpha value is -1.88. The first kappa shape index (κ1) is 13.5. The van der Waals surface area contributed by atoms with Gasteiger partial charge in [0.05, 0.1) is 10.7 Å². The number of aromatic nitrogens is 1. The summed E-state index contributed by atoms with van der Waals surface area (Å²) in [5, 5.41) is 0.332. The second kappa shape index (κ2) is 5.84. The molecule has 19 heavy (non-hydrogen) atoms. The third kappa shape index (κ3) is 3.12. The Bertz CT molecular complexity index is 576. The monoisotopic (exact) mass is 284 g/mol. The summed E-state index contributed by atoms with van der Waals surface area (Å²) in [6.07, 6.45) is 1.48. The van der Waals surface area contributed by atoms with Crippen molar-refractivity contribution < 1.29 is 13.5 Å². The van der Waals surface area contributed by atoms with Gasteiger partial charge in [-0.25, -0.2) is 13.8 Å². The van der Waals surface area contributed by atoms with Gasteiger partial charge in [0, 0.05) is 23.4 Å². The van der Waals surface area contributed by atoms with E-state index in [0.29, 0.717) is 22.0 Å². The van der Waals surface area contributed by atoms with Gasteiger partial charge in [-0.2, -0.15) is 0 Å². The van der Waals surface area contributed by atoms with Crippen molar-refractivity contribution in [3.63, 3.8) is 0 Å². The first-order valence-electron chi connectivity index (χ1n) is 5.51. The molecule has 1 heterocycles. The van der Waals surface area contributed by atoms with Crippen molar-refractivity contribution in [1.82, 2.24) is 4.98 Å². The summed E-state index contributed by atoms with van der Waals surface area (Å²) >= 11 is 6.00. The van der Waals surface area contributed by atoms with Crippen LogP contribution >= 0.6 is 11.6 Å². The molecule has 0 aliphatic heterocycles. The molecule has 0 radical (unpaired) electrons. The normalized spacial score (nSPS) is 10.5. The van der Waals surface area contributed by atoms with Crippen molar-refractivity contribution in [1.29, 1.82) is 0 Å². The number of ether oxygens (including phenoxy) is 1. The van der Waals surface area contributed by atoms with Crippen molar-refractivity contribution in [2.45, 2.75) is 0 Å². The molecule has 0 unspecified atom stereocenters. The summed E-state index contributed by atoms with van der Waals surface area (Å²) in [5.74, 6) is -0.245. The first-order valence-corrected chi connectivity index (χ1v) is 5.89. The van der Waals surface area contributed by atoms with E-state index < -0.39 is 12.5 Å². The minimum atomic E-state index is -0.585. The van der Waals surface area contributed by atoms with E-state index in [1.807, 2.05) is 0 Å². The fourth-order valence-electron chi connectivity index (χ4n) is 1.55. The average Bonchev–Trinajstić information content (AvgIpc) is 2.41. The fraction of sp³-hybridized carbons (Fsp3) is 0.154. The van der Waals surface area contributed by atoms with Gasteiger partial charge in [0.2, 0.25) is 5.88 Å². The first-order chi connectivity index (χ1) is 9.11. The van der Waals surface area contributed by atoms with Crippen LogP contribution in [0.4, 0.5) is 14.5 Å². The second-order valence-corrected chi connectivity index (χ2v) is 4.18. The van der Waals surface area contributed by atoms with Crippen LogP contribution in [0.15, 0.2) is 30.5 Å². The zero-order chi connectivity index (χ0) is 13.8. The Labute approximate surface area is 114 Å². The highest BCUT2D eigenvalue weighted by Gasteiger charge is 2.09. The molecule has 0 aliphatic rings. The smallest absolute Gasteiger partial charge is 0.213 e. The molecule has 0 amide bonds. The van der Waals surface area contributed by atoms with Crippen LogP contribution in [0.1, 0.15) is 0 Å². The minimum absolute atomic E-state index is 0.00962. The van der Waals surface area contributed by atoms with Crippen LogP contribution in [0, 0.1) is 5.82 Å². The zero-order valence-electron chi connectivity index (χ0n) is 9.87. The van der Waals surface area contributed by atoms with E-state index in [9.17, 15) is 8.78 Å². The predicted octanol–water partition coefficient (Wildman–Crippen LogP) is 3.47. The Kier molecular flexibility index (Phi) is 4.16. The zero-order valence-corrected chi connectivity index (χ0v) is 10.6. The highest BCUT2D eigenvalue weighted by Crippen LogP contribution is 2.31. The molecule has 1 aromatic heterocycles. The molecule has 0 atom stereocenters. The lowest BCUT2D eigenvalue weighted by Crippen LogP contribution is -2.00. The lowest BCUT2D eigenvalue weighted by Gasteiger charge is -2.07. The SMILES string of the molecule is Nc1cc(Cl)c(-c2ccc(OCCF)nc2)cc1F. The number of hydrogen-bond donors (Lipinski definition) is 1. The van der Waals surface area contributed by atoms with Gasteiger partial charge in [0.1, 0.15) is 19.1 Å². The highest BCUT2D eigenvalue weighted by molar-refractivity contribution is 6.33. The van der Waals surface area contributed by atoms with Crippen molar-refractivity contribution in [2.75, 3.05) is 19.0 Å². The fourth-order valence-corrected chi connectivity index (χ4v) is 1.83. The van der Waals surface area contributed by atoms with Crippen LogP contribution in [0.2, 0.25) is 5.02 Å². The van der Waals surface area contributed by atoms with Gasteiger partial charge in [-0.05, 0) is 18.2 Å². The van der Waals surface area contributed by atoms with Crippen LogP contribution < -0.4 is 10.5 Å². The summed E-state index contributed by atoms with van der Waals surface area (Å²) < 4.78 is 30.4. The summed E-state index contributed by atoms with van der Waals surface area (Å²) in [6, 6.07) is 5.82. The van der Waals surface area contributed by atoms with E-state index >= 15 is 0 Å². The summed E-state index contributed by atoms with van der Waals surface area (Å²) in [6.45, 7) is -0.637. The molecular formula is C13H11ClF2N2O. The maximum Gasteiger partial charge on any atom is 0.213 e. The number of nitrogens with two attached hydrogens (primary N) is 1. The van der Waals surface area contributed by atoms with Gasteiger partial charge in [0.25, 0.3) is 0 Å². The Morgan fingerprint density at radius 2 is 2.11 bits per heavy atom. The van der Waals surface area contributed by atoms with E-state index in [2.05, 4.69) is 4.98 Å². The number of nitrogen functional groups attached to an aromatic ring is 1. The van der Waals surface area contributed by atoms with Gasteiger partial charge in [-0.3, -0.25) is 0 Å². The van der Waals surface area contributed by atoms with Crippen LogP contribution in [-0.2, 0) is 0 Å². The minimum Gasteiger partial charge on any atom is -0.475 e. The molecular weight excluding hydrogens is 274 g/mol. The number of nitrogens with zero attached hydrogens (tertiary/aromatic N) is 1. The predicted molar refractivity (Wildman–Crippen MR) is 70.5 cm³/mol. The maximum atomic E-state index is 13.4. The van der Waals surface area contributed by atoms with Crippen molar-refractivity contribution >= 4 is 17.3 Å². The van der Waals surface area contributed by atoms with E-state index in [1.54, 1.807) is 12.1 Å². The van der Waals surface area contributed by atoms with Crippen LogP contribution in [-0.4, -0.2) is 18.3 Å². The standard InChI is InChI=1S/C13H11ClF2N2O/c14-10-6-12(17)11(16)5-9(10)8-1-2-13(18-7-8)19-4-3-15/h1-2,5-7H,3-4,17H2. The molecule has 2 N–H and O–H groups in total.